The van der Waals surface area contributed by atoms with E-state index in [1.807, 2.05) is 36.2 Å². The van der Waals surface area contributed by atoms with Crippen molar-refractivity contribution < 1.29 is 9.32 Å². The van der Waals surface area contributed by atoms with Crippen LogP contribution < -0.4 is 5.32 Å². The third kappa shape index (κ3) is 3.67. The van der Waals surface area contributed by atoms with E-state index in [1.165, 1.54) is 0 Å². The number of rotatable bonds is 5. The molecular formula is C17H21BrN4O2. The Hall–Kier alpha value is -1.73. The maximum atomic E-state index is 12.8. The van der Waals surface area contributed by atoms with Crippen LogP contribution >= 0.6 is 15.9 Å². The van der Waals surface area contributed by atoms with Crippen molar-refractivity contribution in [3.8, 4) is 0 Å². The van der Waals surface area contributed by atoms with Crippen LogP contribution in [0.15, 0.2) is 33.3 Å². The van der Waals surface area contributed by atoms with Crippen LogP contribution in [0.3, 0.4) is 0 Å². The number of hydrogen-bond acceptors (Lipinski definition) is 5. The Labute approximate surface area is 149 Å². The summed E-state index contributed by atoms with van der Waals surface area (Å²) in [6.07, 6.45) is 2.50. The van der Waals surface area contributed by atoms with E-state index < -0.39 is 0 Å². The van der Waals surface area contributed by atoms with Gasteiger partial charge in [-0.15, -0.1) is 0 Å². The van der Waals surface area contributed by atoms with Gasteiger partial charge in [-0.1, -0.05) is 21.1 Å². The Morgan fingerprint density at radius 2 is 2.21 bits per heavy atom. The third-order valence-corrected chi connectivity index (χ3v) is 4.88. The van der Waals surface area contributed by atoms with Gasteiger partial charge < -0.3 is 14.7 Å². The van der Waals surface area contributed by atoms with Crippen LogP contribution in [0.1, 0.15) is 47.9 Å². The topological polar surface area (TPSA) is 71.3 Å². The molecule has 6 nitrogen and oxygen atoms in total. The number of carbonyl (C=O) groups is 1. The van der Waals surface area contributed by atoms with Gasteiger partial charge in [-0.2, -0.15) is 4.98 Å². The molecule has 24 heavy (non-hydrogen) atoms. The third-order valence-electron chi connectivity index (χ3n) is 4.36. The van der Waals surface area contributed by atoms with Crippen LogP contribution in [0.5, 0.6) is 0 Å². The molecule has 2 aromatic rings. The Bertz CT molecular complexity index is 701. The number of hydrogen-bond donors (Lipinski definition) is 1. The molecule has 1 aliphatic heterocycles. The van der Waals surface area contributed by atoms with Gasteiger partial charge in [0.05, 0.1) is 0 Å². The molecule has 2 heterocycles. The van der Waals surface area contributed by atoms with E-state index in [9.17, 15) is 4.79 Å². The zero-order valence-electron chi connectivity index (χ0n) is 13.8. The molecule has 1 aromatic carbocycles. The molecule has 1 amide bonds. The van der Waals surface area contributed by atoms with Gasteiger partial charge in [-0.25, -0.2) is 0 Å². The fraction of sp³-hybridized carbons (Fsp3) is 0.471. The van der Waals surface area contributed by atoms with Crippen LogP contribution in [-0.2, 0) is 6.42 Å². The Balaban J connectivity index is 1.75. The maximum Gasteiger partial charge on any atom is 0.254 e. The molecule has 2 atom stereocenters. The highest BCUT2D eigenvalue weighted by molar-refractivity contribution is 9.10. The highest BCUT2D eigenvalue weighted by atomic mass is 79.9. The maximum absolute atomic E-state index is 12.8. The molecule has 1 fully saturated rings. The van der Waals surface area contributed by atoms with Gasteiger partial charge in [0, 0.05) is 29.0 Å². The molecule has 3 rings (SSSR count). The smallest absolute Gasteiger partial charge is 0.254 e. The standard InChI is InChI=1S/C17H21BrN4O2/c1-11(19-2)10-15-20-16(24-21-15)14-4-3-9-22(14)17(23)12-5-7-13(18)8-6-12/h5-8,11,14,19H,3-4,9-10H2,1-2H3. The quantitative estimate of drug-likeness (QED) is 0.846. The highest BCUT2D eigenvalue weighted by Gasteiger charge is 2.34. The predicted octanol–water partition coefficient (Wildman–Crippen LogP) is 2.96. The largest absolute Gasteiger partial charge is 0.337 e. The van der Waals surface area contributed by atoms with Gasteiger partial charge in [-0.3, -0.25) is 4.79 Å². The van der Waals surface area contributed by atoms with Gasteiger partial charge in [0.1, 0.15) is 6.04 Å². The van der Waals surface area contributed by atoms with Crippen molar-refractivity contribution in [2.75, 3.05) is 13.6 Å². The Morgan fingerprint density at radius 3 is 2.92 bits per heavy atom. The van der Waals surface area contributed by atoms with Crippen LogP contribution in [0.4, 0.5) is 0 Å². The summed E-state index contributed by atoms with van der Waals surface area (Å²) in [5.41, 5.74) is 0.675. The van der Waals surface area contributed by atoms with Crippen LogP contribution in [-0.4, -0.2) is 40.6 Å². The fourth-order valence-corrected chi connectivity index (χ4v) is 3.15. The molecule has 1 aliphatic rings. The summed E-state index contributed by atoms with van der Waals surface area (Å²) in [5.74, 6) is 1.22. The van der Waals surface area contributed by atoms with Crippen LogP contribution in [0, 0.1) is 0 Å². The van der Waals surface area contributed by atoms with Crippen molar-refractivity contribution in [1.82, 2.24) is 20.4 Å². The minimum atomic E-state index is -0.132. The van der Waals surface area contributed by atoms with Gasteiger partial charge in [0.2, 0.25) is 5.89 Å². The van der Waals surface area contributed by atoms with E-state index >= 15 is 0 Å². The molecule has 0 saturated carbocycles. The average molecular weight is 393 g/mol. The molecule has 0 radical (unpaired) electrons. The molecule has 1 aromatic heterocycles. The van der Waals surface area contributed by atoms with Gasteiger partial charge in [0.25, 0.3) is 5.91 Å². The van der Waals surface area contributed by atoms with E-state index in [0.29, 0.717) is 30.2 Å². The number of likely N-dealkylation sites (tertiary alicyclic amines) is 1. The van der Waals surface area contributed by atoms with Crippen LogP contribution in [0.2, 0.25) is 0 Å². The second kappa shape index (κ2) is 7.44. The highest BCUT2D eigenvalue weighted by Crippen LogP contribution is 2.32. The van der Waals surface area contributed by atoms with Crippen molar-refractivity contribution in [2.24, 2.45) is 0 Å². The number of aromatic nitrogens is 2. The molecule has 2 unspecified atom stereocenters. The lowest BCUT2D eigenvalue weighted by molar-refractivity contribution is 0.0710. The number of benzene rings is 1. The summed E-state index contributed by atoms with van der Waals surface area (Å²) in [6.45, 7) is 2.78. The van der Waals surface area contributed by atoms with E-state index in [0.717, 1.165) is 17.3 Å². The number of halogens is 1. The second-order valence-corrected chi connectivity index (χ2v) is 7.02. The number of carbonyl (C=O) groups excluding carboxylic acids is 1. The van der Waals surface area contributed by atoms with Crippen molar-refractivity contribution in [3.05, 3.63) is 46.0 Å². The summed E-state index contributed by atoms with van der Waals surface area (Å²) >= 11 is 3.39. The number of amides is 1. The molecule has 0 bridgehead atoms. The van der Waals surface area contributed by atoms with Crippen molar-refractivity contribution >= 4 is 21.8 Å². The lowest BCUT2D eigenvalue weighted by atomic mass is 10.1. The molecule has 1 N–H and O–H groups in total. The number of nitrogens with zero attached hydrogens (tertiary/aromatic N) is 3. The van der Waals surface area contributed by atoms with Crippen molar-refractivity contribution in [2.45, 2.75) is 38.3 Å². The van der Waals surface area contributed by atoms with E-state index in [2.05, 4.69) is 38.3 Å². The normalized spacial score (nSPS) is 18.8. The van der Waals surface area contributed by atoms with Gasteiger partial charge >= 0.3 is 0 Å². The summed E-state index contributed by atoms with van der Waals surface area (Å²) in [4.78, 5) is 19.1. The number of nitrogens with one attached hydrogen (secondary N) is 1. The second-order valence-electron chi connectivity index (χ2n) is 6.11. The zero-order chi connectivity index (χ0) is 17.1. The fourth-order valence-electron chi connectivity index (χ4n) is 2.89. The minimum absolute atomic E-state index is 0.00772. The monoisotopic (exact) mass is 392 g/mol. The molecule has 0 spiro atoms. The summed E-state index contributed by atoms with van der Waals surface area (Å²) in [7, 11) is 1.90. The van der Waals surface area contributed by atoms with Crippen molar-refractivity contribution in [1.29, 1.82) is 0 Å². The van der Waals surface area contributed by atoms with Gasteiger partial charge in [-0.05, 0) is 51.1 Å². The molecule has 1 saturated heterocycles. The zero-order valence-corrected chi connectivity index (χ0v) is 15.4. The predicted molar refractivity (Wildman–Crippen MR) is 93.7 cm³/mol. The lowest BCUT2D eigenvalue weighted by Crippen LogP contribution is -2.30. The molecular weight excluding hydrogens is 372 g/mol. The molecule has 128 valence electrons. The van der Waals surface area contributed by atoms with E-state index in [4.69, 9.17) is 4.52 Å². The lowest BCUT2D eigenvalue weighted by Gasteiger charge is -2.21. The number of likely N-dealkylation sites (N-methyl/N-ethyl adjacent to an activating group) is 1. The summed E-state index contributed by atoms with van der Waals surface area (Å²) in [6, 6.07) is 7.56. The minimum Gasteiger partial charge on any atom is -0.337 e. The molecule has 0 aliphatic carbocycles. The first kappa shape index (κ1) is 17.1. The SMILES string of the molecule is CNC(C)Cc1noc(C2CCCN2C(=O)c2ccc(Br)cc2)n1. The summed E-state index contributed by atoms with van der Waals surface area (Å²) < 4.78 is 6.39. The molecule has 7 heteroatoms. The Kier molecular flexibility index (Phi) is 5.30. The van der Waals surface area contributed by atoms with E-state index in [1.54, 1.807) is 0 Å². The average Bonchev–Trinajstić information content (AvgIpc) is 3.23. The van der Waals surface area contributed by atoms with Crippen LogP contribution in [0.25, 0.3) is 0 Å². The summed E-state index contributed by atoms with van der Waals surface area (Å²) in [5, 5.41) is 7.21. The van der Waals surface area contributed by atoms with Crippen molar-refractivity contribution in [3.63, 3.8) is 0 Å². The van der Waals surface area contributed by atoms with E-state index in [-0.39, 0.29) is 18.0 Å². The Morgan fingerprint density at radius 1 is 1.46 bits per heavy atom. The first-order valence-corrected chi connectivity index (χ1v) is 8.94. The first-order chi connectivity index (χ1) is 11.6. The first-order valence-electron chi connectivity index (χ1n) is 8.14. The van der Waals surface area contributed by atoms with Gasteiger partial charge in [0.15, 0.2) is 5.82 Å².